The number of ether oxygens (including phenoxy) is 2. The van der Waals surface area contributed by atoms with Gasteiger partial charge >= 0.3 is 5.97 Å². The summed E-state index contributed by atoms with van der Waals surface area (Å²) in [6.45, 7) is 9.20. The molecule has 3 aliphatic carbocycles. The molecule has 0 aromatic rings. The molecule has 0 aromatic carbocycles. The van der Waals surface area contributed by atoms with Gasteiger partial charge in [0.25, 0.3) is 0 Å². The van der Waals surface area contributed by atoms with E-state index < -0.39 is 98.8 Å². The van der Waals surface area contributed by atoms with Crippen LogP contribution in [-0.4, -0.2) is 88.5 Å². The average Bonchev–Trinajstić information content (AvgIpc) is 3.01. The number of hydrogen-bond donors (Lipinski definition) is 4. The molecule has 2 saturated carbocycles. The minimum Gasteiger partial charge on any atom is -0.456 e. The molecule has 1 heterocycles. The van der Waals surface area contributed by atoms with Crippen molar-refractivity contribution >= 4 is 110 Å². The SMILES string of the molecule is CNC(C)C(OPP)C(=O)OC1CC2(O)[C@@H](C)C3C4(O)COC4CC(O)[C@@]3(C)C(=O)C(OP(P(P)P)P(PP)P(P)P)C(=C1C)C2(C)C.[Ac]. The van der Waals surface area contributed by atoms with Crippen molar-refractivity contribution in [2.45, 2.75) is 102 Å². The molecule has 0 spiro atoms. The minimum atomic E-state index is -1.59. The number of carbonyl (C=O) groups excluding carboxylic acids is 2. The van der Waals surface area contributed by atoms with Gasteiger partial charge in [0.05, 0.1) is 37.4 Å². The third-order valence-corrected chi connectivity index (χ3v) is 59.3. The van der Waals surface area contributed by atoms with Crippen LogP contribution in [0.4, 0.5) is 0 Å². The predicted molar refractivity (Wildman–Crippen MR) is 228 cm³/mol. The van der Waals surface area contributed by atoms with Crippen molar-refractivity contribution in [1.29, 1.82) is 0 Å². The summed E-state index contributed by atoms with van der Waals surface area (Å²) in [5, 5.41) is 40.4. The number of carbonyl (C=O) groups is 2. The van der Waals surface area contributed by atoms with E-state index in [2.05, 4.69) is 58.9 Å². The first-order chi connectivity index (χ1) is 22.2. The second kappa shape index (κ2) is 19.1. The molecule has 4 aliphatic rings. The van der Waals surface area contributed by atoms with Gasteiger partial charge in [0.1, 0.15) is 17.8 Å². The molecule has 21 atom stereocenters. The van der Waals surface area contributed by atoms with Crippen molar-refractivity contribution in [1.82, 2.24) is 5.32 Å². The van der Waals surface area contributed by atoms with Gasteiger partial charge in [-0.05, 0) is 58.9 Å². The Hall–Kier alpha value is 5.20. The fourth-order valence-corrected chi connectivity index (χ4v) is 75.4. The zero-order valence-corrected chi connectivity index (χ0v) is 46.1. The molecule has 19 unspecified atom stereocenters. The smallest absolute Gasteiger partial charge is 0.337 e. The van der Waals surface area contributed by atoms with E-state index in [1.165, 1.54) is 0 Å². The Morgan fingerprint density at radius 1 is 1.14 bits per heavy atom. The van der Waals surface area contributed by atoms with Gasteiger partial charge in [-0.25, -0.2) is 4.79 Å². The number of likely N-dealkylation sites (N-methyl/N-ethyl adjacent to an activating group) is 1. The monoisotopic (exact) mass is 1120 g/mol. The molecular formula is C26H53AcNO9P12. The van der Waals surface area contributed by atoms with E-state index in [1.54, 1.807) is 14.0 Å². The molecule has 4 rings (SSSR count). The maximum absolute atomic E-state index is 15.5. The van der Waals surface area contributed by atoms with E-state index in [0.29, 0.717) is 19.1 Å². The van der Waals surface area contributed by atoms with Crippen LogP contribution in [0.5, 0.6) is 0 Å². The molecule has 4 N–H and O–H groups in total. The molecular weight excluding hydrogens is 1070 g/mol. The van der Waals surface area contributed by atoms with E-state index in [1.807, 2.05) is 34.6 Å². The molecule has 1 radical (unpaired) electrons. The second-order valence-corrected chi connectivity index (χ2v) is 49.5. The number of nitrogens with one attached hydrogen (secondary N) is 1. The molecule has 10 nitrogen and oxygen atoms in total. The van der Waals surface area contributed by atoms with Gasteiger partial charge in [-0.3, -0.25) is 4.79 Å². The Kier molecular flexibility index (Phi) is 18.9. The summed E-state index contributed by atoms with van der Waals surface area (Å²) in [5.41, 5.74) is -4.28. The van der Waals surface area contributed by atoms with Gasteiger partial charge in [-0.1, -0.05) is 37.7 Å². The van der Waals surface area contributed by atoms with Crippen LogP contribution in [0.15, 0.2) is 11.1 Å². The van der Waals surface area contributed by atoms with E-state index >= 15 is 4.79 Å². The number of Topliss-reactive ketones (excluding diaryl/α,β-unsaturated/α-hetero) is 1. The predicted octanol–water partition coefficient (Wildman–Crippen LogP) is 7.01. The molecule has 3 fully saturated rings. The van der Waals surface area contributed by atoms with Crippen molar-refractivity contribution in [3.63, 3.8) is 0 Å². The summed E-state index contributed by atoms with van der Waals surface area (Å²) >= 11 is 0. The average molecular weight is 1120 g/mol. The first kappa shape index (κ1) is 48.6. The van der Waals surface area contributed by atoms with Crippen LogP contribution >= 0.6 is 98.5 Å². The summed E-state index contributed by atoms with van der Waals surface area (Å²) in [4.78, 5) is 29.2. The zero-order chi connectivity index (χ0) is 36.3. The normalized spacial score (nSPS) is 39.9. The number of esters is 1. The minimum absolute atomic E-state index is 0. The number of hydrogen-bond acceptors (Lipinski definition) is 10. The maximum Gasteiger partial charge on any atom is 0.337 e. The third-order valence-electron chi connectivity index (χ3n) is 11.3. The standard InChI is InChI=1S/C26H53NO9P12.Ac/c1-11-14(34-22(30)18(35-43-37)13(3)27-7)9-26(32)12(2)20-24(6,15(28)8-16-25(20,31)10-33-16)21(29)19(17(11)23(26,4)5)36-45(46(39)40)48(44-38)47(41)42;/h12-16,18-20,27-28,31-32,43-44H,8-10,37-42H2,1-7H3;/t12-,13?,14?,15?,16?,18?,19?,20?,24+,25?,26?,45?,48?;/m0./s1. The van der Waals surface area contributed by atoms with Crippen LogP contribution in [0, 0.1) is 66.7 Å². The molecule has 0 aromatic heterocycles. The number of rotatable bonds is 12. The largest absolute Gasteiger partial charge is 0.456 e. The fraction of sp³-hybridized carbons (Fsp3) is 0.846. The molecule has 0 amide bonds. The summed E-state index contributed by atoms with van der Waals surface area (Å²) in [5.74, 6) is -2.46. The summed E-state index contributed by atoms with van der Waals surface area (Å²) in [6, 6.07) is -0.342. The van der Waals surface area contributed by atoms with Gasteiger partial charge in [0.2, 0.25) is 0 Å². The van der Waals surface area contributed by atoms with Gasteiger partial charge < -0.3 is 39.2 Å². The number of ketones is 1. The molecule has 23 heteroatoms. The quantitative estimate of drug-likeness (QED) is 0.0917. The van der Waals surface area contributed by atoms with Gasteiger partial charge in [-0.15, -0.1) is 44.6 Å². The van der Waals surface area contributed by atoms with Crippen molar-refractivity contribution < 1.29 is 87.5 Å². The zero-order valence-electron chi connectivity index (χ0n) is 28.9. The Bertz CT molecular complexity index is 1270. The van der Waals surface area contributed by atoms with Crippen LogP contribution in [0.1, 0.15) is 54.4 Å². The Morgan fingerprint density at radius 2 is 1.76 bits per heavy atom. The van der Waals surface area contributed by atoms with Crippen LogP contribution in [0.3, 0.4) is 0 Å². The van der Waals surface area contributed by atoms with Crippen molar-refractivity contribution in [3.8, 4) is 0 Å². The van der Waals surface area contributed by atoms with Crippen molar-refractivity contribution in [3.05, 3.63) is 11.1 Å². The van der Waals surface area contributed by atoms with Crippen LogP contribution in [0.2, 0.25) is 0 Å². The second-order valence-electron chi connectivity index (χ2n) is 13.9. The van der Waals surface area contributed by atoms with Gasteiger partial charge in [0.15, 0.2) is 11.9 Å². The first-order valence-corrected chi connectivity index (χ1v) is 35.8. The molecule has 279 valence electrons. The molecule has 1 saturated heterocycles. The van der Waals surface area contributed by atoms with Crippen LogP contribution in [0.25, 0.3) is 0 Å². The fourth-order valence-electron chi connectivity index (χ4n) is 8.46. The summed E-state index contributed by atoms with van der Waals surface area (Å²) in [6.07, 6.45) is -4.58. The maximum atomic E-state index is 15.5. The van der Waals surface area contributed by atoms with E-state index in [9.17, 15) is 20.1 Å². The topological polar surface area (TPSA) is 144 Å². The van der Waals surface area contributed by atoms with Crippen LogP contribution in [-0.2, 0) is 28.1 Å². The van der Waals surface area contributed by atoms with E-state index in [-0.39, 0.29) is 83.8 Å². The number of fused-ring (bicyclic) bond motifs is 5. The molecule has 1 aliphatic heterocycles. The number of aliphatic hydroxyl groups excluding tert-OH is 1. The Balaban J connectivity index is 0.00000650. The first-order valence-electron chi connectivity index (χ1n) is 15.5. The van der Waals surface area contributed by atoms with Gasteiger partial charge in [0, 0.05) is 89.8 Å². The Morgan fingerprint density at radius 3 is 2.22 bits per heavy atom. The third kappa shape index (κ3) is 8.76. The summed E-state index contributed by atoms with van der Waals surface area (Å²) in [7, 11) is 18.2. The van der Waals surface area contributed by atoms with Crippen molar-refractivity contribution in [2.75, 3.05) is 13.7 Å². The van der Waals surface area contributed by atoms with E-state index in [0.717, 1.165) is 0 Å². The van der Waals surface area contributed by atoms with Crippen molar-refractivity contribution in [2.24, 2.45) is 22.7 Å². The summed E-state index contributed by atoms with van der Waals surface area (Å²) < 4.78 is 25.0. The van der Waals surface area contributed by atoms with E-state index in [4.69, 9.17) is 18.5 Å². The molecule has 49 heavy (non-hydrogen) atoms. The molecule has 2 bridgehead atoms. The number of aliphatic hydroxyl groups is 3. The van der Waals surface area contributed by atoms with Crippen LogP contribution < -0.4 is 5.32 Å². The Labute approximate surface area is 349 Å². The van der Waals surface area contributed by atoms with Gasteiger partial charge in [-0.2, -0.15) is 0 Å².